The summed E-state index contributed by atoms with van der Waals surface area (Å²) in [5.41, 5.74) is 1.80. The van der Waals surface area contributed by atoms with Crippen molar-refractivity contribution in [2.75, 3.05) is 44.6 Å². The number of hydrogen-bond acceptors (Lipinski definition) is 12. The number of rotatable bonds is 27. The number of phenolic OH excluding ortho intramolecular Hbond substituents is 1. The normalized spacial score (nSPS) is 10.9. The second kappa shape index (κ2) is 27.0. The van der Waals surface area contributed by atoms with Crippen molar-refractivity contribution in [3.8, 4) is 28.2 Å². The van der Waals surface area contributed by atoms with Gasteiger partial charge < -0.3 is 41.2 Å². The molecule has 356 valence electrons. The van der Waals surface area contributed by atoms with Gasteiger partial charge in [0.15, 0.2) is 10.5 Å². The van der Waals surface area contributed by atoms with E-state index in [4.69, 9.17) is 16.6 Å². The molecule has 1 aliphatic heterocycles. The summed E-state index contributed by atoms with van der Waals surface area (Å²) in [6, 6.07) is 13.5. The molecule has 66 heavy (non-hydrogen) atoms. The molecule has 0 unspecified atom stereocenters. The lowest BCUT2D eigenvalue weighted by molar-refractivity contribution is -0.166. The Morgan fingerprint density at radius 1 is 0.636 bits per heavy atom. The van der Waals surface area contributed by atoms with E-state index in [0.717, 1.165) is 12.8 Å². The van der Waals surface area contributed by atoms with Crippen molar-refractivity contribution < 1.29 is 53.8 Å². The number of carbonyl (C=O) groups is 6. The van der Waals surface area contributed by atoms with Gasteiger partial charge in [-0.1, -0.05) is 6.07 Å². The van der Waals surface area contributed by atoms with Crippen molar-refractivity contribution in [2.24, 2.45) is 0 Å². The lowest BCUT2D eigenvalue weighted by Gasteiger charge is -2.18. The van der Waals surface area contributed by atoms with Crippen LogP contribution in [0.4, 0.5) is 5.69 Å². The number of aromatic carboxylic acids is 1. The van der Waals surface area contributed by atoms with Crippen LogP contribution in [0.2, 0.25) is 0 Å². The number of phenols is 1. The number of hydrogen-bond donors (Lipinski definition) is 9. The molecule has 2 aliphatic rings. The SMILES string of the molecule is CC(=O)N(O)CCCCCNC(=O)CCC(=O)NCCCCCNC(=O)CCC(=O)N(O)CCCCCNC(=S)Nc1ccc(-c2c3ccc(=O)cc-3oc3cc(O)ccc23)c(C(=O)O)c1. The van der Waals surface area contributed by atoms with Crippen LogP contribution in [0.15, 0.2) is 63.8 Å². The largest absolute Gasteiger partial charge is 0.508 e. The van der Waals surface area contributed by atoms with Crippen LogP contribution in [0.5, 0.6) is 5.75 Å². The van der Waals surface area contributed by atoms with Gasteiger partial charge in [0.2, 0.25) is 29.5 Å². The maximum absolute atomic E-state index is 12.5. The van der Waals surface area contributed by atoms with E-state index in [2.05, 4.69) is 26.6 Å². The minimum absolute atomic E-state index is 0.0315. The number of amides is 5. The number of nitrogens with one attached hydrogen (secondary N) is 5. The van der Waals surface area contributed by atoms with E-state index < -0.39 is 17.8 Å². The zero-order valence-corrected chi connectivity index (χ0v) is 37.8. The molecular weight excluding hydrogens is 875 g/mol. The van der Waals surface area contributed by atoms with Crippen LogP contribution in [0.3, 0.4) is 0 Å². The molecule has 0 aromatic heterocycles. The van der Waals surface area contributed by atoms with E-state index in [-0.39, 0.29) is 89.7 Å². The number of hydroxylamine groups is 4. The molecule has 0 saturated heterocycles. The van der Waals surface area contributed by atoms with Gasteiger partial charge in [0, 0.05) is 106 Å². The molecule has 0 spiro atoms. The number of benzene rings is 3. The maximum atomic E-state index is 12.5. The molecule has 9 N–H and O–H groups in total. The molecule has 5 amide bonds. The van der Waals surface area contributed by atoms with Gasteiger partial charge in [-0.2, -0.15) is 0 Å². The summed E-state index contributed by atoms with van der Waals surface area (Å²) in [7, 11) is 0. The van der Waals surface area contributed by atoms with Crippen molar-refractivity contribution >= 4 is 69.5 Å². The average molecular weight is 934 g/mol. The number of aromatic hydroxyl groups is 1. The van der Waals surface area contributed by atoms with Gasteiger partial charge >= 0.3 is 5.97 Å². The molecule has 0 bridgehead atoms. The van der Waals surface area contributed by atoms with E-state index in [1.165, 1.54) is 37.3 Å². The van der Waals surface area contributed by atoms with E-state index in [0.29, 0.717) is 109 Å². The highest BCUT2D eigenvalue weighted by Gasteiger charge is 2.23. The van der Waals surface area contributed by atoms with Crippen LogP contribution in [-0.2, 0) is 24.0 Å². The molecule has 19 nitrogen and oxygen atoms in total. The summed E-state index contributed by atoms with van der Waals surface area (Å²) in [4.78, 5) is 84.2. The summed E-state index contributed by atoms with van der Waals surface area (Å²) in [6.07, 6.45) is 5.87. The Morgan fingerprint density at radius 3 is 1.77 bits per heavy atom. The van der Waals surface area contributed by atoms with Gasteiger partial charge in [0.1, 0.15) is 17.1 Å². The first kappa shape index (κ1) is 52.0. The first-order valence-electron chi connectivity index (χ1n) is 22.0. The van der Waals surface area contributed by atoms with Crippen LogP contribution >= 0.6 is 12.2 Å². The fourth-order valence-electron chi connectivity index (χ4n) is 6.90. The zero-order valence-electron chi connectivity index (χ0n) is 37.0. The molecule has 0 fully saturated rings. The number of unbranched alkanes of at least 4 members (excludes halogenated alkanes) is 6. The first-order chi connectivity index (χ1) is 31.6. The van der Waals surface area contributed by atoms with Gasteiger partial charge in [0.25, 0.3) is 0 Å². The third-order valence-electron chi connectivity index (χ3n) is 10.4. The third-order valence-corrected chi connectivity index (χ3v) is 10.7. The van der Waals surface area contributed by atoms with Gasteiger partial charge in [-0.3, -0.25) is 39.2 Å². The molecule has 1 heterocycles. The van der Waals surface area contributed by atoms with Gasteiger partial charge in [0.05, 0.1) is 5.56 Å². The summed E-state index contributed by atoms with van der Waals surface area (Å²) < 4.78 is 5.89. The number of thiocarbonyl (C=S) groups is 1. The second-order valence-electron chi connectivity index (χ2n) is 15.7. The molecule has 20 heteroatoms. The molecule has 0 atom stereocenters. The molecule has 1 aliphatic carbocycles. The Labute approximate surface area is 387 Å². The van der Waals surface area contributed by atoms with Crippen molar-refractivity contribution in [3.05, 3.63) is 70.4 Å². The predicted octanol–water partition coefficient (Wildman–Crippen LogP) is 5.13. The fourth-order valence-corrected chi connectivity index (χ4v) is 7.12. The highest BCUT2D eigenvalue weighted by Crippen LogP contribution is 2.42. The number of carboxylic acid groups (broad SMARTS) is 1. The lowest BCUT2D eigenvalue weighted by Crippen LogP contribution is -2.31. The van der Waals surface area contributed by atoms with Gasteiger partial charge in [-0.25, -0.2) is 14.9 Å². The maximum Gasteiger partial charge on any atom is 0.336 e. The Morgan fingerprint density at radius 2 is 1.18 bits per heavy atom. The quantitative estimate of drug-likeness (QED) is 0.0123. The Balaban J connectivity index is 1.03. The summed E-state index contributed by atoms with van der Waals surface area (Å²) >= 11 is 5.43. The molecular formula is C46H59N7O12S. The van der Waals surface area contributed by atoms with Crippen LogP contribution < -0.4 is 32.0 Å². The zero-order chi connectivity index (χ0) is 48.0. The standard InChI is InChI=1S/C46H59N7O12S/c1-30(54)52(63)25-9-3-7-23-48-41(58)18-17-40(57)47-21-5-2-6-22-49-42(59)19-20-43(60)53(64)26-10-4-8-24-50-46(66)51-31-11-14-34(37(27-31)45(61)62)44-35-15-12-32(55)28-38(35)65-39-29-33(56)13-16-36(39)44/h11-16,27-29,55,63-64H,2-10,17-26H2,1H3,(H,47,57)(H,48,58)(H,49,59)(H,61,62)(H2,50,51,66). The summed E-state index contributed by atoms with van der Waals surface area (Å²) in [5.74, 6) is -2.74. The van der Waals surface area contributed by atoms with Crippen molar-refractivity contribution in [1.82, 2.24) is 31.4 Å². The highest BCUT2D eigenvalue weighted by atomic mass is 32.1. The molecule has 2 aromatic carbocycles. The minimum Gasteiger partial charge on any atom is -0.508 e. The highest BCUT2D eigenvalue weighted by molar-refractivity contribution is 7.80. The lowest BCUT2D eigenvalue weighted by atomic mass is 9.90. The Hall–Kier alpha value is -6.64. The molecule has 0 saturated carbocycles. The summed E-state index contributed by atoms with van der Waals surface area (Å²) in [6.45, 7) is 3.37. The monoisotopic (exact) mass is 933 g/mol. The van der Waals surface area contributed by atoms with Crippen molar-refractivity contribution in [1.29, 1.82) is 0 Å². The third kappa shape index (κ3) is 17.4. The van der Waals surface area contributed by atoms with E-state index in [1.807, 2.05) is 0 Å². The predicted molar refractivity (Wildman–Crippen MR) is 249 cm³/mol. The number of anilines is 1. The molecule has 0 radical (unpaired) electrons. The van der Waals surface area contributed by atoms with Crippen molar-refractivity contribution in [3.63, 3.8) is 0 Å². The number of fused-ring (bicyclic) bond motifs is 2. The van der Waals surface area contributed by atoms with Crippen LogP contribution in [0.1, 0.15) is 101 Å². The Kier molecular flexibility index (Phi) is 21.3. The van der Waals surface area contributed by atoms with Gasteiger partial charge in [-0.15, -0.1) is 0 Å². The topological polar surface area (TPSA) is 280 Å². The van der Waals surface area contributed by atoms with Crippen LogP contribution in [0, 0.1) is 0 Å². The summed E-state index contributed by atoms with van der Waals surface area (Å²) in [5, 5.41) is 56.2. The van der Waals surface area contributed by atoms with Crippen LogP contribution in [0.25, 0.3) is 33.4 Å². The molecule has 4 rings (SSSR count). The van der Waals surface area contributed by atoms with E-state index >= 15 is 0 Å². The smallest absolute Gasteiger partial charge is 0.336 e. The average Bonchev–Trinajstić information content (AvgIpc) is 3.28. The first-order valence-corrected chi connectivity index (χ1v) is 22.4. The molecule has 2 aromatic rings. The van der Waals surface area contributed by atoms with Crippen LogP contribution in [-0.4, -0.2) is 111 Å². The van der Waals surface area contributed by atoms with Crippen molar-refractivity contribution in [2.45, 2.75) is 90.4 Å². The van der Waals surface area contributed by atoms with Gasteiger partial charge in [-0.05, 0) is 112 Å². The number of carboxylic acids is 1. The fraction of sp³-hybridized carbons (Fsp3) is 0.435. The van der Waals surface area contributed by atoms with E-state index in [9.17, 15) is 54.2 Å². The second-order valence-corrected chi connectivity index (χ2v) is 16.1. The van der Waals surface area contributed by atoms with E-state index in [1.54, 1.807) is 24.3 Å². The Bertz CT molecular complexity index is 2360. The number of nitrogens with zero attached hydrogens (tertiary/aromatic N) is 2. The number of carbonyl (C=O) groups excluding carboxylic acids is 5. The minimum atomic E-state index is -1.19.